The molecule has 0 aliphatic carbocycles. The van der Waals surface area contributed by atoms with E-state index in [-0.39, 0.29) is 0 Å². The van der Waals surface area contributed by atoms with Crippen molar-refractivity contribution in [3.63, 3.8) is 0 Å². The number of carbonyl (C=O) groups is 1. The molecule has 1 fully saturated rings. The molecule has 1 aromatic rings. The Morgan fingerprint density at radius 3 is 2.86 bits per heavy atom. The first-order chi connectivity index (χ1) is 6.81. The molecule has 0 spiro atoms. The maximum atomic E-state index is 10.8. The van der Waals surface area contributed by atoms with Crippen LogP contribution in [0.4, 0.5) is 0 Å². The van der Waals surface area contributed by atoms with Crippen molar-refractivity contribution < 1.29 is 9.53 Å². The first-order valence-electron chi connectivity index (χ1n) is 4.50. The smallest absolute Gasteiger partial charge is 0.169 e. The number of nitrogens with zero attached hydrogens (tertiary/aromatic N) is 1. The molecule has 1 aliphatic heterocycles. The summed E-state index contributed by atoms with van der Waals surface area (Å²) in [7, 11) is 0. The molecule has 0 N–H and O–H groups in total. The van der Waals surface area contributed by atoms with Crippen molar-refractivity contribution in [2.24, 2.45) is 0 Å². The van der Waals surface area contributed by atoms with Crippen molar-refractivity contribution in [1.29, 1.82) is 0 Å². The van der Waals surface area contributed by atoms with Crippen molar-refractivity contribution in [1.82, 2.24) is 4.98 Å². The van der Waals surface area contributed by atoms with E-state index in [4.69, 9.17) is 4.74 Å². The lowest BCUT2D eigenvalue weighted by atomic mass is 9.97. The van der Waals surface area contributed by atoms with Gasteiger partial charge in [0.25, 0.3) is 0 Å². The Bertz CT molecular complexity index is 334. The molecule has 5 heteroatoms. The molecule has 0 radical (unpaired) electrons. The van der Waals surface area contributed by atoms with Crippen LogP contribution in [0.5, 0.6) is 0 Å². The van der Waals surface area contributed by atoms with Gasteiger partial charge in [0.05, 0.1) is 0 Å². The number of thiazole rings is 1. The van der Waals surface area contributed by atoms with Gasteiger partial charge in [-0.2, -0.15) is 0 Å². The highest BCUT2D eigenvalue weighted by Gasteiger charge is 2.22. The zero-order chi connectivity index (χ0) is 9.97. The van der Waals surface area contributed by atoms with E-state index in [1.165, 1.54) is 0 Å². The Morgan fingerprint density at radius 2 is 2.21 bits per heavy atom. The molecule has 76 valence electrons. The summed E-state index contributed by atoms with van der Waals surface area (Å²) in [5.41, 5.74) is 0.591. The van der Waals surface area contributed by atoms with E-state index in [1.807, 2.05) is 0 Å². The van der Waals surface area contributed by atoms with Gasteiger partial charge in [0.2, 0.25) is 0 Å². The summed E-state index contributed by atoms with van der Waals surface area (Å²) in [6.07, 6.45) is 2.83. The lowest BCUT2D eigenvalue weighted by molar-refractivity contribution is 0.0855. The summed E-state index contributed by atoms with van der Waals surface area (Å²) in [6, 6.07) is 0. The topological polar surface area (TPSA) is 39.2 Å². The summed E-state index contributed by atoms with van der Waals surface area (Å²) in [5.74, 6) is 0.452. The molecule has 0 amide bonds. The Kier molecular flexibility index (Phi) is 3.30. The van der Waals surface area contributed by atoms with Gasteiger partial charge in [-0.1, -0.05) is 0 Å². The Hall–Kier alpha value is -0.260. The van der Waals surface area contributed by atoms with Gasteiger partial charge in [-0.3, -0.25) is 4.79 Å². The lowest BCUT2D eigenvalue weighted by Gasteiger charge is -2.20. The molecule has 0 saturated carbocycles. The van der Waals surface area contributed by atoms with Gasteiger partial charge in [-0.25, -0.2) is 4.98 Å². The zero-order valence-electron chi connectivity index (χ0n) is 7.53. The van der Waals surface area contributed by atoms with Crippen LogP contribution in [-0.2, 0) is 4.74 Å². The molecule has 3 nitrogen and oxygen atoms in total. The van der Waals surface area contributed by atoms with E-state index in [0.717, 1.165) is 41.1 Å². The van der Waals surface area contributed by atoms with Crippen molar-refractivity contribution in [3.8, 4) is 0 Å². The maximum absolute atomic E-state index is 10.8. The highest BCUT2D eigenvalue weighted by atomic mass is 79.9. The van der Waals surface area contributed by atoms with Crippen LogP contribution in [0.2, 0.25) is 0 Å². The molecule has 0 aromatic carbocycles. The molecule has 1 aliphatic rings. The maximum Gasteiger partial charge on any atom is 0.169 e. The van der Waals surface area contributed by atoms with Crippen LogP contribution in [-0.4, -0.2) is 24.5 Å². The number of ether oxygens (including phenoxy) is 1. The standard InChI is InChI=1S/C9H10BrNO2S/c10-9-11-7(5-12)8(14-9)6-1-3-13-4-2-6/h5-6H,1-4H2. The number of carbonyl (C=O) groups excluding carboxylic acids is 1. The first kappa shape index (κ1) is 10.3. The second kappa shape index (κ2) is 4.51. The van der Waals surface area contributed by atoms with Crippen molar-refractivity contribution >= 4 is 33.6 Å². The van der Waals surface area contributed by atoms with Crippen LogP contribution in [0.1, 0.15) is 34.1 Å². The van der Waals surface area contributed by atoms with Crippen molar-refractivity contribution in [2.45, 2.75) is 18.8 Å². The van der Waals surface area contributed by atoms with Gasteiger partial charge in [0.1, 0.15) is 5.69 Å². The molecule has 2 rings (SSSR count). The van der Waals surface area contributed by atoms with E-state index >= 15 is 0 Å². The van der Waals surface area contributed by atoms with E-state index in [2.05, 4.69) is 20.9 Å². The van der Waals surface area contributed by atoms with Crippen LogP contribution < -0.4 is 0 Å². The summed E-state index contributed by atoms with van der Waals surface area (Å²) in [4.78, 5) is 16.0. The lowest BCUT2D eigenvalue weighted by Crippen LogP contribution is -2.14. The third-order valence-corrected chi connectivity index (χ3v) is 4.04. The first-order valence-corrected chi connectivity index (χ1v) is 6.11. The number of rotatable bonds is 2. The number of hydrogen-bond donors (Lipinski definition) is 0. The van der Waals surface area contributed by atoms with Gasteiger partial charge in [-0.05, 0) is 28.8 Å². The summed E-state index contributed by atoms with van der Waals surface area (Å²) < 4.78 is 6.08. The Morgan fingerprint density at radius 1 is 1.50 bits per heavy atom. The van der Waals surface area contributed by atoms with E-state index < -0.39 is 0 Å². The Balaban J connectivity index is 2.24. The predicted molar refractivity (Wildman–Crippen MR) is 58.0 cm³/mol. The molecular formula is C9H10BrNO2S. The fraction of sp³-hybridized carbons (Fsp3) is 0.556. The average molecular weight is 276 g/mol. The molecule has 0 atom stereocenters. The largest absolute Gasteiger partial charge is 0.381 e. The Labute approximate surface area is 94.6 Å². The van der Waals surface area contributed by atoms with Gasteiger partial charge in [0, 0.05) is 24.0 Å². The summed E-state index contributed by atoms with van der Waals surface area (Å²) in [6.45, 7) is 1.58. The van der Waals surface area contributed by atoms with Gasteiger partial charge < -0.3 is 4.74 Å². The monoisotopic (exact) mass is 275 g/mol. The second-order valence-corrected chi connectivity index (χ2v) is 5.53. The molecule has 1 saturated heterocycles. The average Bonchev–Trinajstić information content (AvgIpc) is 2.61. The molecule has 0 unspecified atom stereocenters. The van der Waals surface area contributed by atoms with Crippen LogP contribution in [0.3, 0.4) is 0 Å². The molecule has 1 aromatic heterocycles. The summed E-state index contributed by atoms with van der Waals surface area (Å²) >= 11 is 4.87. The minimum atomic E-state index is 0.452. The quantitative estimate of drug-likeness (QED) is 0.779. The van der Waals surface area contributed by atoms with E-state index in [1.54, 1.807) is 11.3 Å². The number of aromatic nitrogens is 1. The predicted octanol–water partition coefficient (Wildman–Crippen LogP) is 2.61. The number of halogens is 1. The van der Waals surface area contributed by atoms with Crippen molar-refractivity contribution in [2.75, 3.05) is 13.2 Å². The van der Waals surface area contributed by atoms with Crippen LogP contribution >= 0.6 is 27.3 Å². The minimum Gasteiger partial charge on any atom is -0.381 e. The van der Waals surface area contributed by atoms with Gasteiger partial charge in [0.15, 0.2) is 10.2 Å². The molecule has 2 heterocycles. The number of hydrogen-bond acceptors (Lipinski definition) is 4. The second-order valence-electron chi connectivity index (χ2n) is 3.22. The van der Waals surface area contributed by atoms with Gasteiger partial charge >= 0.3 is 0 Å². The fourth-order valence-electron chi connectivity index (χ4n) is 1.65. The SMILES string of the molecule is O=Cc1nc(Br)sc1C1CCOCC1. The van der Waals surface area contributed by atoms with Crippen LogP contribution in [0.15, 0.2) is 3.92 Å². The molecule has 14 heavy (non-hydrogen) atoms. The molecule has 0 bridgehead atoms. The fourth-order valence-corrected chi connectivity index (χ4v) is 3.29. The molecular weight excluding hydrogens is 266 g/mol. The minimum absolute atomic E-state index is 0.452. The zero-order valence-corrected chi connectivity index (χ0v) is 9.94. The highest BCUT2D eigenvalue weighted by Crippen LogP contribution is 2.34. The summed E-state index contributed by atoms with van der Waals surface area (Å²) in [5, 5.41) is 0. The van der Waals surface area contributed by atoms with Gasteiger partial charge in [-0.15, -0.1) is 11.3 Å². The normalized spacial score (nSPS) is 18.4. The third-order valence-electron chi connectivity index (χ3n) is 2.36. The third kappa shape index (κ3) is 2.04. The number of aldehydes is 1. The van der Waals surface area contributed by atoms with Crippen LogP contribution in [0.25, 0.3) is 0 Å². The van der Waals surface area contributed by atoms with Crippen LogP contribution in [0, 0.1) is 0 Å². The highest BCUT2D eigenvalue weighted by molar-refractivity contribution is 9.11. The van der Waals surface area contributed by atoms with E-state index in [9.17, 15) is 4.79 Å². The van der Waals surface area contributed by atoms with E-state index in [0.29, 0.717) is 11.6 Å². The van der Waals surface area contributed by atoms with Crippen molar-refractivity contribution in [3.05, 3.63) is 14.5 Å².